The van der Waals surface area contributed by atoms with E-state index in [4.69, 9.17) is 9.47 Å². The van der Waals surface area contributed by atoms with E-state index in [1.54, 1.807) is 12.1 Å². The third kappa shape index (κ3) is 4.41. The van der Waals surface area contributed by atoms with Crippen molar-refractivity contribution >= 4 is 10.8 Å². The van der Waals surface area contributed by atoms with Crippen LogP contribution in [0.3, 0.4) is 0 Å². The van der Waals surface area contributed by atoms with Gasteiger partial charge < -0.3 is 19.7 Å². The first-order chi connectivity index (χ1) is 17.7. The summed E-state index contributed by atoms with van der Waals surface area (Å²) in [7, 11) is 0. The quantitative estimate of drug-likeness (QED) is 0.351. The zero-order valence-corrected chi connectivity index (χ0v) is 20.3. The highest BCUT2D eigenvalue weighted by molar-refractivity contribution is 5.95. The average molecular weight is 482 g/mol. The van der Waals surface area contributed by atoms with E-state index >= 15 is 0 Å². The van der Waals surface area contributed by atoms with Crippen LogP contribution in [-0.4, -0.2) is 41.4 Å². The molecular formula is C31H31NO4. The van der Waals surface area contributed by atoms with Gasteiger partial charge in [0.25, 0.3) is 0 Å². The fourth-order valence-electron chi connectivity index (χ4n) is 5.48. The molecule has 0 aromatic heterocycles. The van der Waals surface area contributed by atoms with E-state index in [2.05, 4.69) is 23.1 Å². The van der Waals surface area contributed by atoms with Gasteiger partial charge in [0.2, 0.25) is 0 Å². The van der Waals surface area contributed by atoms with Crippen molar-refractivity contribution in [3.05, 3.63) is 89.5 Å². The summed E-state index contributed by atoms with van der Waals surface area (Å²) in [5.74, 6) is 1.87. The van der Waals surface area contributed by atoms with Crippen molar-refractivity contribution in [2.75, 3.05) is 26.2 Å². The van der Waals surface area contributed by atoms with E-state index in [-0.39, 0.29) is 18.5 Å². The van der Waals surface area contributed by atoms with Crippen LogP contribution in [0.15, 0.2) is 72.8 Å². The molecule has 1 atom stereocenters. The lowest BCUT2D eigenvalue weighted by molar-refractivity contribution is 0.183. The monoisotopic (exact) mass is 481 g/mol. The standard InChI is InChI=1S/C31H31NO4/c33-20-21-4-11-27-28-12-7-23-19-24(34)8-13-26(23)30(28)31(36-29(27)18-21)22-5-9-25(10-6-22)35-17-16-32-14-2-1-3-15-32/h4-13,18-19,31,33-34H,1-3,14-17,20H2. The van der Waals surface area contributed by atoms with Crippen molar-refractivity contribution < 1.29 is 19.7 Å². The Bertz CT molecular complexity index is 1380. The number of fused-ring (bicyclic) bond motifs is 5. The molecule has 0 amide bonds. The van der Waals surface area contributed by atoms with Crippen LogP contribution >= 0.6 is 0 Å². The molecule has 5 nitrogen and oxygen atoms in total. The number of ether oxygens (including phenoxy) is 2. The minimum Gasteiger partial charge on any atom is -0.508 e. The molecule has 1 saturated heterocycles. The molecule has 0 bridgehead atoms. The Hall–Kier alpha value is -3.54. The minimum absolute atomic E-state index is 0.0331. The van der Waals surface area contributed by atoms with Crippen molar-refractivity contribution in [1.82, 2.24) is 4.90 Å². The number of phenolic OH excluding ortho intramolecular Hbond substituents is 1. The van der Waals surface area contributed by atoms with Crippen LogP contribution in [0.4, 0.5) is 0 Å². The number of aromatic hydroxyl groups is 1. The van der Waals surface area contributed by atoms with Gasteiger partial charge in [-0.3, -0.25) is 4.90 Å². The van der Waals surface area contributed by atoms with E-state index in [1.807, 2.05) is 42.5 Å². The molecule has 0 aliphatic carbocycles. The first-order valence-corrected chi connectivity index (χ1v) is 12.8. The van der Waals surface area contributed by atoms with Gasteiger partial charge in [0.1, 0.15) is 23.9 Å². The van der Waals surface area contributed by atoms with Gasteiger partial charge in [0.05, 0.1) is 6.61 Å². The number of hydrogen-bond donors (Lipinski definition) is 2. The lowest BCUT2D eigenvalue weighted by Gasteiger charge is -2.31. The summed E-state index contributed by atoms with van der Waals surface area (Å²) >= 11 is 0. The smallest absolute Gasteiger partial charge is 0.150 e. The fourth-order valence-corrected chi connectivity index (χ4v) is 5.48. The molecule has 184 valence electrons. The highest BCUT2D eigenvalue weighted by atomic mass is 16.5. The van der Waals surface area contributed by atoms with Crippen LogP contribution in [0.1, 0.15) is 42.1 Å². The summed E-state index contributed by atoms with van der Waals surface area (Å²) in [6.45, 7) is 3.96. The van der Waals surface area contributed by atoms with E-state index < -0.39 is 0 Å². The average Bonchev–Trinajstić information content (AvgIpc) is 2.92. The predicted octanol–water partition coefficient (Wildman–Crippen LogP) is 6.05. The molecule has 2 aliphatic rings. The number of aliphatic hydroxyl groups is 1. The van der Waals surface area contributed by atoms with Crippen molar-refractivity contribution in [2.24, 2.45) is 0 Å². The third-order valence-electron chi connectivity index (χ3n) is 7.38. The van der Waals surface area contributed by atoms with Crippen LogP contribution < -0.4 is 9.47 Å². The number of hydrogen-bond acceptors (Lipinski definition) is 5. The molecule has 5 heteroatoms. The second kappa shape index (κ2) is 9.84. The largest absolute Gasteiger partial charge is 0.508 e. The third-order valence-corrected chi connectivity index (χ3v) is 7.38. The lowest BCUT2D eigenvalue weighted by atomic mass is 9.85. The number of benzene rings is 4. The van der Waals surface area contributed by atoms with Crippen LogP contribution in [0, 0.1) is 0 Å². The number of nitrogens with zero attached hydrogens (tertiary/aromatic N) is 1. The van der Waals surface area contributed by atoms with Gasteiger partial charge >= 0.3 is 0 Å². The van der Waals surface area contributed by atoms with Gasteiger partial charge in [-0.2, -0.15) is 0 Å². The number of aliphatic hydroxyl groups excluding tert-OH is 1. The zero-order valence-electron chi connectivity index (χ0n) is 20.3. The molecule has 36 heavy (non-hydrogen) atoms. The predicted molar refractivity (Wildman–Crippen MR) is 142 cm³/mol. The van der Waals surface area contributed by atoms with Crippen LogP contribution in [0.2, 0.25) is 0 Å². The van der Waals surface area contributed by atoms with E-state index in [1.165, 1.54) is 32.4 Å². The van der Waals surface area contributed by atoms with Gasteiger partial charge in [0.15, 0.2) is 6.10 Å². The molecule has 0 saturated carbocycles. The Morgan fingerprint density at radius 3 is 2.47 bits per heavy atom. The van der Waals surface area contributed by atoms with Gasteiger partial charge in [-0.05, 0) is 83.7 Å². The highest BCUT2D eigenvalue weighted by Gasteiger charge is 2.29. The maximum absolute atomic E-state index is 10.0. The van der Waals surface area contributed by atoms with Gasteiger partial charge in [-0.15, -0.1) is 0 Å². The molecule has 0 radical (unpaired) electrons. The maximum Gasteiger partial charge on any atom is 0.150 e. The Morgan fingerprint density at radius 2 is 1.67 bits per heavy atom. The van der Waals surface area contributed by atoms with E-state index in [9.17, 15) is 10.2 Å². The first kappa shape index (κ1) is 22.9. The molecule has 2 heterocycles. The topological polar surface area (TPSA) is 62.2 Å². The first-order valence-electron chi connectivity index (χ1n) is 12.8. The highest BCUT2D eigenvalue weighted by Crippen LogP contribution is 2.48. The van der Waals surface area contributed by atoms with E-state index in [0.29, 0.717) is 6.61 Å². The molecule has 6 rings (SSSR count). The Kier molecular flexibility index (Phi) is 6.26. The van der Waals surface area contributed by atoms with Crippen molar-refractivity contribution in [1.29, 1.82) is 0 Å². The molecule has 2 aliphatic heterocycles. The normalized spacial score (nSPS) is 17.3. The van der Waals surface area contributed by atoms with Gasteiger partial charge in [-0.25, -0.2) is 0 Å². The minimum atomic E-state index is -0.322. The fraction of sp³-hybridized carbons (Fsp3) is 0.290. The number of phenols is 1. The maximum atomic E-state index is 10.0. The number of likely N-dealkylation sites (tertiary alicyclic amines) is 1. The Labute approximate surface area is 211 Å². The second-order valence-electron chi connectivity index (χ2n) is 9.74. The summed E-state index contributed by atoms with van der Waals surface area (Å²) < 4.78 is 12.7. The van der Waals surface area contributed by atoms with Crippen LogP contribution in [0.25, 0.3) is 21.9 Å². The van der Waals surface area contributed by atoms with Crippen LogP contribution in [0.5, 0.6) is 17.2 Å². The molecular weight excluding hydrogens is 450 g/mol. The van der Waals surface area contributed by atoms with Crippen molar-refractivity contribution in [3.8, 4) is 28.4 Å². The SMILES string of the molecule is OCc1ccc2c(c1)OC(c1ccc(OCCN3CCCCC3)cc1)c1c-2ccc2cc(O)ccc12. The summed E-state index contributed by atoms with van der Waals surface area (Å²) in [5, 5.41) is 21.7. The molecule has 4 aromatic carbocycles. The van der Waals surface area contributed by atoms with Crippen LogP contribution in [-0.2, 0) is 6.61 Å². The second-order valence-corrected chi connectivity index (χ2v) is 9.74. The number of piperidine rings is 1. The summed E-state index contributed by atoms with van der Waals surface area (Å²) in [6, 6.07) is 23.7. The Balaban J connectivity index is 1.32. The summed E-state index contributed by atoms with van der Waals surface area (Å²) in [6.07, 6.45) is 3.59. The number of rotatable bonds is 6. The molecule has 2 N–H and O–H groups in total. The molecule has 0 spiro atoms. The van der Waals surface area contributed by atoms with Crippen molar-refractivity contribution in [3.63, 3.8) is 0 Å². The molecule has 1 fully saturated rings. The lowest BCUT2D eigenvalue weighted by Crippen LogP contribution is -2.33. The van der Waals surface area contributed by atoms with Crippen molar-refractivity contribution in [2.45, 2.75) is 32.0 Å². The Morgan fingerprint density at radius 1 is 0.861 bits per heavy atom. The summed E-state index contributed by atoms with van der Waals surface area (Å²) in [4.78, 5) is 2.48. The molecule has 4 aromatic rings. The van der Waals surface area contributed by atoms with Gasteiger partial charge in [-0.1, -0.05) is 48.9 Å². The molecule has 1 unspecified atom stereocenters. The zero-order chi connectivity index (χ0) is 24.5. The van der Waals surface area contributed by atoms with Gasteiger partial charge in [0, 0.05) is 17.7 Å². The van der Waals surface area contributed by atoms with E-state index in [0.717, 1.165) is 56.6 Å². The summed E-state index contributed by atoms with van der Waals surface area (Å²) in [5.41, 5.74) is 5.03.